The first kappa shape index (κ1) is 11.6. The van der Waals surface area contributed by atoms with Gasteiger partial charge in [-0.25, -0.2) is 4.39 Å². The van der Waals surface area contributed by atoms with Crippen LogP contribution in [-0.2, 0) is 0 Å². The van der Waals surface area contributed by atoms with Gasteiger partial charge in [0.15, 0.2) is 0 Å². The van der Waals surface area contributed by atoms with Gasteiger partial charge in [-0.3, -0.25) is 0 Å². The molecule has 0 radical (unpaired) electrons. The van der Waals surface area contributed by atoms with Crippen molar-refractivity contribution in [1.29, 1.82) is 0 Å². The second-order valence-corrected chi connectivity index (χ2v) is 3.70. The fourth-order valence-electron chi connectivity index (χ4n) is 1.66. The number of hydrogen-bond donors (Lipinski definition) is 1. The van der Waals surface area contributed by atoms with Gasteiger partial charge >= 0.3 is 0 Å². The van der Waals surface area contributed by atoms with Gasteiger partial charge in [-0.15, -0.1) is 0 Å². The highest BCUT2D eigenvalue weighted by molar-refractivity contribution is 5.34. The molecule has 88 valence electrons. The molecule has 0 saturated heterocycles. The lowest BCUT2D eigenvalue weighted by atomic mass is 10.0. The summed E-state index contributed by atoms with van der Waals surface area (Å²) in [5, 5.41) is 10.1. The topological polar surface area (TPSA) is 29.5 Å². The summed E-state index contributed by atoms with van der Waals surface area (Å²) in [4.78, 5) is 0. The number of aliphatic hydroxyl groups is 1. The molecule has 1 atom stereocenters. The minimum atomic E-state index is -0.956. The van der Waals surface area contributed by atoms with Crippen molar-refractivity contribution in [2.24, 2.45) is 0 Å². The van der Waals surface area contributed by atoms with E-state index in [1.807, 2.05) is 0 Å². The van der Waals surface area contributed by atoms with Gasteiger partial charge in [-0.05, 0) is 23.8 Å². The quantitative estimate of drug-likeness (QED) is 0.881. The molecule has 0 heterocycles. The van der Waals surface area contributed by atoms with Crippen LogP contribution in [0.1, 0.15) is 17.2 Å². The molecule has 0 aliphatic carbocycles. The van der Waals surface area contributed by atoms with Crippen molar-refractivity contribution in [3.63, 3.8) is 0 Å². The highest BCUT2D eigenvalue weighted by atomic mass is 19.1. The van der Waals surface area contributed by atoms with Crippen molar-refractivity contribution in [2.45, 2.75) is 6.10 Å². The average molecular weight is 232 g/mol. The molecule has 0 amide bonds. The Morgan fingerprint density at radius 2 is 1.71 bits per heavy atom. The van der Waals surface area contributed by atoms with Gasteiger partial charge in [0, 0.05) is 5.56 Å². The molecule has 0 aromatic heterocycles. The van der Waals surface area contributed by atoms with Crippen molar-refractivity contribution < 1.29 is 14.2 Å². The number of halogens is 1. The predicted octanol–water partition coefficient (Wildman–Crippen LogP) is 2.92. The Kier molecular flexibility index (Phi) is 3.40. The minimum Gasteiger partial charge on any atom is -0.497 e. The molecular weight excluding hydrogens is 219 g/mol. The lowest BCUT2D eigenvalue weighted by Gasteiger charge is -2.12. The summed E-state index contributed by atoms with van der Waals surface area (Å²) < 4.78 is 18.5. The molecule has 3 heteroatoms. The lowest BCUT2D eigenvalue weighted by molar-refractivity contribution is 0.215. The summed E-state index contributed by atoms with van der Waals surface area (Å²) in [6, 6.07) is 13.1. The average Bonchev–Trinajstić information content (AvgIpc) is 2.39. The third-order valence-electron chi connectivity index (χ3n) is 2.63. The van der Waals surface area contributed by atoms with Crippen molar-refractivity contribution >= 4 is 0 Å². The first-order valence-electron chi connectivity index (χ1n) is 5.29. The normalized spacial score (nSPS) is 12.2. The van der Waals surface area contributed by atoms with Crippen LogP contribution in [0.4, 0.5) is 4.39 Å². The van der Waals surface area contributed by atoms with Crippen molar-refractivity contribution in [3.05, 3.63) is 65.5 Å². The van der Waals surface area contributed by atoms with Crippen LogP contribution < -0.4 is 4.74 Å². The highest BCUT2D eigenvalue weighted by Crippen LogP contribution is 2.25. The minimum absolute atomic E-state index is 0.276. The van der Waals surface area contributed by atoms with E-state index in [-0.39, 0.29) is 5.56 Å². The van der Waals surface area contributed by atoms with E-state index < -0.39 is 11.9 Å². The molecule has 17 heavy (non-hydrogen) atoms. The van der Waals surface area contributed by atoms with Crippen molar-refractivity contribution in [2.75, 3.05) is 7.11 Å². The standard InChI is InChI=1S/C14H13FO2/c1-17-11-8-6-10(7-9-11)14(16)12-4-2-3-5-13(12)15/h2-9,14,16H,1H3/t14-/m1/s1. The molecule has 0 saturated carbocycles. The van der Waals surface area contributed by atoms with Gasteiger partial charge in [0.05, 0.1) is 7.11 Å². The molecule has 0 bridgehead atoms. The maximum atomic E-state index is 13.5. The Morgan fingerprint density at radius 1 is 1.06 bits per heavy atom. The third-order valence-corrected chi connectivity index (χ3v) is 2.63. The molecule has 0 fully saturated rings. The number of rotatable bonds is 3. The zero-order valence-electron chi connectivity index (χ0n) is 9.43. The number of benzene rings is 2. The van der Waals surface area contributed by atoms with E-state index in [0.717, 1.165) is 0 Å². The van der Waals surface area contributed by atoms with Crippen LogP contribution in [0.2, 0.25) is 0 Å². The number of ether oxygens (including phenoxy) is 1. The molecule has 1 N–H and O–H groups in total. The van der Waals surface area contributed by atoms with Gasteiger partial charge in [0.2, 0.25) is 0 Å². The lowest BCUT2D eigenvalue weighted by Crippen LogP contribution is -2.02. The van der Waals surface area contributed by atoms with Gasteiger partial charge < -0.3 is 9.84 Å². The Bertz CT molecular complexity index is 494. The molecule has 0 aliphatic heterocycles. The van der Waals surface area contributed by atoms with Crippen LogP contribution in [-0.4, -0.2) is 12.2 Å². The number of aliphatic hydroxyl groups excluding tert-OH is 1. The fraction of sp³-hybridized carbons (Fsp3) is 0.143. The van der Waals surface area contributed by atoms with E-state index in [0.29, 0.717) is 11.3 Å². The van der Waals surface area contributed by atoms with Crippen LogP contribution in [0.3, 0.4) is 0 Å². The van der Waals surface area contributed by atoms with Crippen LogP contribution in [0.15, 0.2) is 48.5 Å². The zero-order chi connectivity index (χ0) is 12.3. The molecule has 2 aromatic carbocycles. The SMILES string of the molecule is COc1ccc([C@@H](O)c2ccccc2F)cc1. The van der Waals surface area contributed by atoms with E-state index in [1.54, 1.807) is 49.6 Å². The first-order chi connectivity index (χ1) is 8.22. The van der Waals surface area contributed by atoms with E-state index in [2.05, 4.69) is 0 Å². The maximum absolute atomic E-state index is 13.5. The van der Waals surface area contributed by atoms with Crippen LogP contribution >= 0.6 is 0 Å². The van der Waals surface area contributed by atoms with Gasteiger partial charge in [0.1, 0.15) is 17.7 Å². The van der Waals surface area contributed by atoms with Gasteiger partial charge in [-0.1, -0.05) is 30.3 Å². The Hall–Kier alpha value is -1.87. The van der Waals surface area contributed by atoms with E-state index in [4.69, 9.17) is 4.74 Å². The van der Waals surface area contributed by atoms with Crippen LogP contribution in [0, 0.1) is 5.82 Å². The predicted molar refractivity (Wildman–Crippen MR) is 63.5 cm³/mol. The van der Waals surface area contributed by atoms with Crippen LogP contribution in [0.5, 0.6) is 5.75 Å². The summed E-state index contributed by atoms with van der Waals surface area (Å²) >= 11 is 0. The summed E-state index contributed by atoms with van der Waals surface area (Å²) in [6.45, 7) is 0. The molecule has 0 spiro atoms. The molecule has 0 aliphatic rings. The van der Waals surface area contributed by atoms with Crippen LogP contribution in [0.25, 0.3) is 0 Å². The summed E-state index contributed by atoms with van der Waals surface area (Å²) in [6.07, 6.45) is -0.956. The Balaban J connectivity index is 2.30. The summed E-state index contributed by atoms with van der Waals surface area (Å²) in [5.41, 5.74) is 0.911. The zero-order valence-corrected chi connectivity index (χ0v) is 9.43. The number of hydrogen-bond acceptors (Lipinski definition) is 2. The van der Waals surface area contributed by atoms with E-state index >= 15 is 0 Å². The summed E-state index contributed by atoms with van der Waals surface area (Å²) in [5.74, 6) is 0.297. The highest BCUT2D eigenvalue weighted by Gasteiger charge is 2.14. The van der Waals surface area contributed by atoms with Crippen molar-refractivity contribution in [3.8, 4) is 5.75 Å². The van der Waals surface area contributed by atoms with Gasteiger partial charge in [0.25, 0.3) is 0 Å². The monoisotopic (exact) mass is 232 g/mol. The number of methoxy groups -OCH3 is 1. The maximum Gasteiger partial charge on any atom is 0.129 e. The molecule has 2 aromatic rings. The fourth-order valence-corrected chi connectivity index (χ4v) is 1.66. The smallest absolute Gasteiger partial charge is 0.129 e. The Morgan fingerprint density at radius 3 is 2.29 bits per heavy atom. The first-order valence-corrected chi connectivity index (χ1v) is 5.29. The second kappa shape index (κ2) is 4.97. The third kappa shape index (κ3) is 2.45. The van der Waals surface area contributed by atoms with E-state index in [9.17, 15) is 9.50 Å². The van der Waals surface area contributed by atoms with E-state index in [1.165, 1.54) is 6.07 Å². The Labute approximate surface area is 99.3 Å². The molecule has 0 unspecified atom stereocenters. The second-order valence-electron chi connectivity index (χ2n) is 3.70. The largest absolute Gasteiger partial charge is 0.497 e. The molecule has 2 nitrogen and oxygen atoms in total. The molecule has 2 rings (SSSR count). The molecular formula is C14H13FO2. The summed E-state index contributed by atoms with van der Waals surface area (Å²) in [7, 11) is 1.57. The van der Waals surface area contributed by atoms with Crippen molar-refractivity contribution in [1.82, 2.24) is 0 Å². The van der Waals surface area contributed by atoms with Gasteiger partial charge in [-0.2, -0.15) is 0 Å².